The Morgan fingerprint density at radius 1 is 1.25 bits per heavy atom. The van der Waals surface area contributed by atoms with Crippen LogP contribution in [0.2, 0.25) is 0 Å². The van der Waals surface area contributed by atoms with Gasteiger partial charge in [-0.05, 0) is 36.6 Å². The molecule has 0 fully saturated rings. The first kappa shape index (κ1) is 13.8. The molecule has 1 heterocycles. The Morgan fingerprint density at radius 2 is 1.95 bits per heavy atom. The lowest BCUT2D eigenvalue weighted by Gasteiger charge is -2.03. The maximum absolute atomic E-state index is 11.8. The molecule has 0 atom stereocenters. The van der Waals surface area contributed by atoms with Gasteiger partial charge in [0.05, 0.1) is 6.21 Å². The van der Waals surface area contributed by atoms with Crippen LogP contribution in [0, 0.1) is 6.92 Å². The molecule has 0 bridgehead atoms. The first-order chi connectivity index (χ1) is 9.56. The lowest BCUT2D eigenvalue weighted by molar-refractivity contribution is 0.843. The van der Waals surface area contributed by atoms with Gasteiger partial charge in [0.25, 0.3) is 5.56 Å². The highest BCUT2D eigenvalue weighted by Crippen LogP contribution is 2.06. The van der Waals surface area contributed by atoms with Crippen molar-refractivity contribution in [3.63, 3.8) is 0 Å². The predicted molar refractivity (Wildman–Crippen MR) is 83.8 cm³/mol. The SMILES string of the molecule is CC(/C=N\n1c(N)cc(C)cc1=O)=C\c1ccccc1. The molecule has 0 radical (unpaired) electrons. The van der Waals surface area contributed by atoms with Gasteiger partial charge in [-0.2, -0.15) is 9.78 Å². The number of pyridine rings is 1. The first-order valence-electron chi connectivity index (χ1n) is 6.33. The van der Waals surface area contributed by atoms with Crippen LogP contribution in [0.25, 0.3) is 6.08 Å². The fourth-order valence-electron chi connectivity index (χ4n) is 1.84. The van der Waals surface area contributed by atoms with Crippen LogP contribution < -0.4 is 11.3 Å². The lowest BCUT2D eigenvalue weighted by Crippen LogP contribution is -2.19. The zero-order chi connectivity index (χ0) is 14.5. The Hall–Kier alpha value is -2.62. The van der Waals surface area contributed by atoms with E-state index in [1.807, 2.05) is 50.3 Å². The van der Waals surface area contributed by atoms with Crippen LogP contribution in [0.1, 0.15) is 18.1 Å². The number of rotatable bonds is 3. The number of allylic oxidation sites excluding steroid dienone is 1. The standard InChI is InChI=1S/C16H17N3O/c1-12-9-15(17)19(16(20)10-12)18-11-13(2)8-14-6-4-3-5-7-14/h3-11H,17H2,1-2H3/b13-8+,18-11-. The van der Waals surface area contributed by atoms with Gasteiger partial charge < -0.3 is 5.73 Å². The number of nitrogens with zero attached hydrogens (tertiary/aromatic N) is 2. The fraction of sp³-hybridized carbons (Fsp3) is 0.125. The summed E-state index contributed by atoms with van der Waals surface area (Å²) in [4.78, 5) is 11.8. The van der Waals surface area contributed by atoms with Gasteiger partial charge >= 0.3 is 0 Å². The minimum Gasteiger partial charge on any atom is -0.384 e. The topological polar surface area (TPSA) is 60.4 Å². The van der Waals surface area contributed by atoms with Crippen LogP contribution >= 0.6 is 0 Å². The third-order valence-electron chi connectivity index (χ3n) is 2.75. The van der Waals surface area contributed by atoms with Gasteiger partial charge in [0.1, 0.15) is 5.82 Å². The van der Waals surface area contributed by atoms with Crippen molar-refractivity contribution in [1.29, 1.82) is 0 Å². The number of aryl methyl sites for hydroxylation is 1. The molecule has 2 N–H and O–H groups in total. The molecule has 4 nitrogen and oxygen atoms in total. The molecule has 0 aliphatic carbocycles. The number of anilines is 1. The summed E-state index contributed by atoms with van der Waals surface area (Å²) in [6, 6.07) is 13.1. The van der Waals surface area contributed by atoms with Gasteiger partial charge in [-0.25, -0.2) is 0 Å². The quantitative estimate of drug-likeness (QED) is 0.869. The summed E-state index contributed by atoms with van der Waals surface area (Å²) in [7, 11) is 0. The summed E-state index contributed by atoms with van der Waals surface area (Å²) < 4.78 is 1.19. The largest absolute Gasteiger partial charge is 0.384 e. The molecule has 0 aliphatic rings. The van der Waals surface area contributed by atoms with E-state index in [2.05, 4.69) is 5.10 Å². The maximum Gasteiger partial charge on any atom is 0.273 e. The van der Waals surface area contributed by atoms with Crippen LogP contribution in [-0.2, 0) is 0 Å². The van der Waals surface area contributed by atoms with E-state index in [1.165, 1.54) is 10.7 Å². The molecule has 2 rings (SSSR count). The summed E-state index contributed by atoms with van der Waals surface area (Å²) >= 11 is 0. The Kier molecular flexibility index (Phi) is 4.15. The molecule has 20 heavy (non-hydrogen) atoms. The summed E-state index contributed by atoms with van der Waals surface area (Å²) in [5, 5.41) is 4.13. The molecule has 0 unspecified atom stereocenters. The highest BCUT2D eigenvalue weighted by Gasteiger charge is 1.99. The van der Waals surface area contributed by atoms with Crippen molar-refractivity contribution in [2.24, 2.45) is 5.10 Å². The second-order valence-electron chi connectivity index (χ2n) is 4.65. The molecular formula is C16H17N3O. The number of benzene rings is 1. The van der Waals surface area contributed by atoms with E-state index in [0.29, 0.717) is 5.82 Å². The summed E-state index contributed by atoms with van der Waals surface area (Å²) in [6.45, 7) is 3.75. The maximum atomic E-state index is 11.8. The molecule has 102 valence electrons. The normalized spacial score (nSPS) is 12.0. The third-order valence-corrected chi connectivity index (χ3v) is 2.75. The monoisotopic (exact) mass is 267 g/mol. The van der Waals surface area contributed by atoms with Gasteiger partial charge in [0.2, 0.25) is 0 Å². The van der Waals surface area contributed by atoms with E-state index in [1.54, 1.807) is 12.3 Å². The van der Waals surface area contributed by atoms with Gasteiger partial charge in [-0.1, -0.05) is 36.4 Å². The van der Waals surface area contributed by atoms with Crippen molar-refractivity contribution in [1.82, 2.24) is 4.68 Å². The fourth-order valence-corrected chi connectivity index (χ4v) is 1.84. The van der Waals surface area contributed by atoms with Crippen LogP contribution in [0.4, 0.5) is 5.82 Å². The summed E-state index contributed by atoms with van der Waals surface area (Å²) in [6.07, 6.45) is 3.61. The molecule has 0 aliphatic heterocycles. The Bertz CT molecular complexity index is 712. The lowest BCUT2D eigenvalue weighted by atomic mass is 10.1. The van der Waals surface area contributed by atoms with E-state index >= 15 is 0 Å². The van der Waals surface area contributed by atoms with Gasteiger partial charge in [-0.3, -0.25) is 4.79 Å². The molecule has 4 heteroatoms. The van der Waals surface area contributed by atoms with E-state index in [4.69, 9.17) is 5.73 Å². The minimum absolute atomic E-state index is 0.230. The van der Waals surface area contributed by atoms with E-state index in [-0.39, 0.29) is 5.56 Å². The molecule has 0 saturated carbocycles. The minimum atomic E-state index is -0.230. The van der Waals surface area contributed by atoms with Gasteiger partial charge in [0.15, 0.2) is 0 Å². The molecule has 2 aromatic rings. The van der Waals surface area contributed by atoms with Crippen LogP contribution in [0.5, 0.6) is 0 Å². The van der Waals surface area contributed by atoms with Crippen LogP contribution in [-0.4, -0.2) is 10.9 Å². The van der Waals surface area contributed by atoms with Gasteiger partial charge in [0, 0.05) is 6.07 Å². The van der Waals surface area contributed by atoms with E-state index in [0.717, 1.165) is 16.7 Å². The molecule has 1 aromatic carbocycles. The Balaban J connectivity index is 2.26. The molecule has 0 spiro atoms. The average molecular weight is 267 g/mol. The Labute approximate surface area is 117 Å². The number of nitrogens with two attached hydrogens (primary N) is 1. The summed E-state index contributed by atoms with van der Waals surface area (Å²) in [5.41, 5.74) is 8.41. The Morgan fingerprint density at radius 3 is 2.60 bits per heavy atom. The highest BCUT2D eigenvalue weighted by molar-refractivity contribution is 5.84. The number of hydrogen-bond donors (Lipinski definition) is 1. The second-order valence-corrected chi connectivity index (χ2v) is 4.65. The van der Waals surface area contributed by atoms with Crippen LogP contribution in [0.15, 0.2) is 57.9 Å². The zero-order valence-electron chi connectivity index (χ0n) is 11.6. The zero-order valence-corrected chi connectivity index (χ0v) is 11.6. The van der Waals surface area contributed by atoms with Crippen LogP contribution in [0.3, 0.4) is 0 Å². The average Bonchev–Trinajstić information content (AvgIpc) is 2.38. The van der Waals surface area contributed by atoms with Crippen molar-refractivity contribution in [2.45, 2.75) is 13.8 Å². The van der Waals surface area contributed by atoms with Crippen molar-refractivity contribution < 1.29 is 0 Å². The van der Waals surface area contributed by atoms with E-state index < -0.39 is 0 Å². The number of aromatic nitrogens is 1. The van der Waals surface area contributed by atoms with Crippen molar-refractivity contribution in [3.05, 3.63) is 69.5 Å². The van der Waals surface area contributed by atoms with Crippen molar-refractivity contribution in [3.8, 4) is 0 Å². The molecule has 0 saturated heterocycles. The van der Waals surface area contributed by atoms with Crippen molar-refractivity contribution >= 4 is 18.1 Å². The first-order valence-corrected chi connectivity index (χ1v) is 6.33. The molecule has 0 amide bonds. The number of hydrogen-bond acceptors (Lipinski definition) is 3. The third kappa shape index (κ3) is 3.45. The predicted octanol–water partition coefficient (Wildman–Crippen LogP) is 2.68. The molecule has 1 aromatic heterocycles. The summed E-state index contributed by atoms with van der Waals surface area (Å²) in [5.74, 6) is 0.332. The highest BCUT2D eigenvalue weighted by atomic mass is 16.1. The van der Waals surface area contributed by atoms with Gasteiger partial charge in [-0.15, -0.1) is 0 Å². The smallest absolute Gasteiger partial charge is 0.273 e. The molecular weight excluding hydrogens is 250 g/mol. The number of nitrogen functional groups attached to an aromatic ring is 1. The second kappa shape index (κ2) is 6.02. The van der Waals surface area contributed by atoms with E-state index in [9.17, 15) is 4.79 Å². The van der Waals surface area contributed by atoms with Crippen molar-refractivity contribution in [2.75, 3.05) is 5.73 Å².